The number of nitrogens with two attached hydrogens (primary N) is 1. The molecule has 0 saturated carbocycles. The van der Waals surface area contributed by atoms with Gasteiger partial charge in [0.25, 0.3) is 0 Å². The molecule has 0 radical (unpaired) electrons. The number of nitrogen functional groups attached to an aromatic ring is 1. The molecule has 3 aromatic rings. The van der Waals surface area contributed by atoms with E-state index in [-0.39, 0.29) is 23.5 Å². The molecule has 7 heteroatoms. The lowest BCUT2D eigenvalue weighted by molar-refractivity contribution is 0.0962. The number of halogens is 1. The molecule has 0 bridgehead atoms. The van der Waals surface area contributed by atoms with Crippen molar-refractivity contribution in [2.45, 2.75) is 25.7 Å². The van der Waals surface area contributed by atoms with Gasteiger partial charge >= 0.3 is 0 Å². The molecule has 0 saturated heterocycles. The molecule has 1 aromatic carbocycles. The van der Waals surface area contributed by atoms with Gasteiger partial charge in [-0.05, 0) is 42.5 Å². The second-order valence-electron chi connectivity index (χ2n) is 6.38. The van der Waals surface area contributed by atoms with Gasteiger partial charge in [0.15, 0.2) is 5.78 Å². The summed E-state index contributed by atoms with van der Waals surface area (Å²) in [7, 11) is 0. The van der Waals surface area contributed by atoms with E-state index in [9.17, 15) is 9.18 Å². The molecule has 2 heterocycles. The molecule has 0 spiro atoms. The number of fused-ring (bicyclic) bond motifs is 1. The van der Waals surface area contributed by atoms with Crippen LogP contribution in [0.1, 0.15) is 39.6 Å². The van der Waals surface area contributed by atoms with Gasteiger partial charge in [-0.25, -0.2) is 24.3 Å². The number of hydrogen-bond donors (Lipinski definition) is 1. The Morgan fingerprint density at radius 3 is 2.69 bits per heavy atom. The van der Waals surface area contributed by atoms with Gasteiger partial charge in [0, 0.05) is 24.4 Å². The summed E-state index contributed by atoms with van der Waals surface area (Å²) >= 11 is 0. The molecule has 2 N–H and O–H groups in total. The summed E-state index contributed by atoms with van der Waals surface area (Å²) in [5, 5.41) is 0. The highest BCUT2D eigenvalue weighted by Gasteiger charge is 2.31. The highest BCUT2D eigenvalue weighted by atomic mass is 19.1. The minimum atomic E-state index is -0.349. The van der Waals surface area contributed by atoms with Crippen molar-refractivity contribution in [3.8, 4) is 11.1 Å². The second-order valence-corrected chi connectivity index (χ2v) is 6.38. The summed E-state index contributed by atoms with van der Waals surface area (Å²) in [6, 6.07) is 4.58. The first kappa shape index (κ1) is 16.3. The van der Waals surface area contributed by atoms with Crippen LogP contribution in [0.25, 0.3) is 11.1 Å². The van der Waals surface area contributed by atoms with E-state index in [1.165, 1.54) is 18.5 Å². The molecule has 0 amide bonds. The van der Waals surface area contributed by atoms with Crippen molar-refractivity contribution in [2.75, 3.05) is 5.73 Å². The van der Waals surface area contributed by atoms with Crippen LogP contribution >= 0.6 is 0 Å². The number of benzene rings is 1. The third kappa shape index (κ3) is 2.81. The Bertz CT molecular complexity index is 1010. The molecule has 1 unspecified atom stereocenters. The van der Waals surface area contributed by atoms with E-state index in [0.717, 1.165) is 5.56 Å². The number of aromatic nitrogens is 4. The van der Waals surface area contributed by atoms with Gasteiger partial charge in [-0.3, -0.25) is 4.79 Å². The standard InChI is InChI=1S/C19H16FN5O/c1-10-18-16(25-19(21)24-10)4-11(5-17(18)26)14-3-2-13(20)6-15(14)12-7-22-9-23-8-12/h2-3,6-9,11H,4-5H2,1H3,(H2,21,24,25). The molecule has 0 fully saturated rings. The van der Waals surface area contributed by atoms with Crippen LogP contribution in [0.4, 0.5) is 10.3 Å². The van der Waals surface area contributed by atoms with Crippen LogP contribution in [0.2, 0.25) is 0 Å². The topological polar surface area (TPSA) is 94.7 Å². The Morgan fingerprint density at radius 2 is 1.92 bits per heavy atom. The van der Waals surface area contributed by atoms with Crippen LogP contribution in [0.15, 0.2) is 36.9 Å². The van der Waals surface area contributed by atoms with Crippen LogP contribution in [0.5, 0.6) is 0 Å². The number of Topliss-reactive ketones (excluding diaryl/α,β-unsaturated/α-hetero) is 1. The maximum atomic E-state index is 13.9. The van der Waals surface area contributed by atoms with Gasteiger partial charge in [0.1, 0.15) is 12.1 Å². The maximum Gasteiger partial charge on any atom is 0.220 e. The quantitative estimate of drug-likeness (QED) is 0.764. The van der Waals surface area contributed by atoms with Gasteiger partial charge in [0.2, 0.25) is 5.95 Å². The Labute approximate surface area is 149 Å². The SMILES string of the molecule is Cc1nc(N)nc2c1C(=O)CC(c1ccc(F)cc1-c1cncnc1)C2. The highest BCUT2D eigenvalue weighted by molar-refractivity contribution is 6.00. The van der Waals surface area contributed by atoms with Gasteiger partial charge in [0.05, 0.1) is 17.0 Å². The summed E-state index contributed by atoms with van der Waals surface area (Å²) in [6.07, 6.45) is 5.54. The van der Waals surface area contributed by atoms with E-state index in [2.05, 4.69) is 19.9 Å². The molecule has 26 heavy (non-hydrogen) atoms. The maximum absolute atomic E-state index is 13.9. The van der Waals surface area contributed by atoms with E-state index in [1.54, 1.807) is 25.4 Å². The van der Waals surface area contributed by atoms with E-state index < -0.39 is 0 Å². The molecule has 4 rings (SSSR count). The lowest BCUT2D eigenvalue weighted by Gasteiger charge is -2.26. The summed E-state index contributed by atoms with van der Waals surface area (Å²) in [4.78, 5) is 29.1. The average molecular weight is 349 g/mol. The first-order valence-electron chi connectivity index (χ1n) is 8.24. The number of anilines is 1. The molecular formula is C19H16FN5O. The van der Waals surface area contributed by atoms with Gasteiger partial charge in [-0.1, -0.05) is 6.07 Å². The third-order valence-electron chi connectivity index (χ3n) is 4.66. The van der Waals surface area contributed by atoms with Crippen LogP contribution < -0.4 is 5.73 Å². The van der Waals surface area contributed by atoms with Crippen LogP contribution in [-0.2, 0) is 6.42 Å². The Hall–Kier alpha value is -3.22. The van der Waals surface area contributed by atoms with E-state index in [0.29, 0.717) is 40.9 Å². The van der Waals surface area contributed by atoms with Gasteiger partial charge in [-0.2, -0.15) is 0 Å². The molecule has 0 aliphatic heterocycles. The van der Waals surface area contributed by atoms with Crippen LogP contribution in [-0.4, -0.2) is 25.7 Å². The normalized spacial score (nSPS) is 16.4. The molecule has 1 aliphatic carbocycles. The lowest BCUT2D eigenvalue weighted by atomic mass is 9.79. The van der Waals surface area contributed by atoms with Gasteiger partial charge < -0.3 is 5.73 Å². The fraction of sp³-hybridized carbons (Fsp3) is 0.211. The molecule has 1 aliphatic rings. The van der Waals surface area contributed by atoms with Crippen molar-refractivity contribution in [1.82, 2.24) is 19.9 Å². The predicted octanol–water partition coefficient (Wildman–Crippen LogP) is 2.88. The first-order valence-corrected chi connectivity index (χ1v) is 8.24. The molecule has 6 nitrogen and oxygen atoms in total. The number of ketones is 1. The fourth-order valence-electron chi connectivity index (χ4n) is 3.59. The summed E-state index contributed by atoms with van der Waals surface area (Å²) in [5.41, 5.74) is 9.83. The average Bonchev–Trinajstić information content (AvgIpc) is 2.61. The predicted molar refractivity (Wildman–Crippen MR) is 94.0 cm³/mol. The minimum Gasteiger partial charge on any atom is -0.368 e. The number of nitrogens with zero attached hydrogens (tertiary/aromatic N) is 4. The molecule has 2 aromatic heterocycles. The van der Waals surface area contributed by atoms with Gasteiger partial charge in [-0.15, -0.1) is 0 Å². The number of aryl methyl sites for hydroxylation is 1. The Balaban J connectivity index is 1.81. The number of carbonyl (C=O) groups is 1. The third-order valence-corrected chi connectivity index (χ3v) is 4.66. The summed E-state index contributed by atoms with van der Waals surface area (Å²) in [5.74, 6) is -0.337. The van der Waals surface area contributed by atoms with Crippen LogP contribution in [0, 0.1) is 12.7 Å². The number of hydrogen-bond acceptors (Lipinski definition) is 6. The van der Waals surface area contributed by atoms with Crippen molar-refractivity contribution >= 4 is 11.7 Å². The Kier molecular flexibility index (Phi) is 3.91. The second kappa shape index (κ2) is 6.25. The molecular weight excluding hydrogens is 333 g/mol. The highest BCUT2D eigenvalue weighted by Crippen LogP contribution is 2.38. The largest absolute Gasteiger partial charge is 0.368 e. The van der Waals surface area contributed by atoms with E-state index in [4.69, 9.17) is 5.73 Å². The summed E-state index contributed by atoms with van der Waals surface area (Å²) in [6.45, 7) is 1.76. The zero-order valence-corrected chi connectivity index (χ0v) is 14.1. The van der Waals surface area contributed by atoms with E-state index >= 15 is 0 Å². The zero-order chi connectivity index (χ0) is 18.3. The fourth-order valence-corrected chi connectivity index (χ4v) is 3.59. The van der Waals surface area contributed by atoms with Crippen molar-refractivity contribution in [2.24, 2.45) is 0 Å². The summed E-state index contributed by atoms with van der Waals surface area (Å²) < 4.78 is 13.9. The lowest BCUT2D eigenvalue weighted by Crippen LogP contribution is -2.23. The smallest absolute Gasteiger partial charge is 0.220 e. The number of carbonyl (C=O) groups excluding carboxylic acids is 1. The first-order chi connectivity index (χ1) is 12.5. The van der Waals surface area contributed by atoms with Crippen molar-refractivity contribution in [3.63, 3.8) is 0 Å². The zero-order valence-electron chi connectivity index (χ0n) is 14.1. The van der Waals surface area contributed by atoms with Crippen molar-refractivity contribution in [3.05, 3.63) is 65.3 Å². The van der Waals surface area contributed by atoms with Crippen molar-refractivity contribution < 1.29 is 9.18 Å². The van der Waals surface area contributed by atoms with Crippen molar-refractivity contribution in [1.29, 1.82) is 0 Å². The minimum absolute atomic E-state index is 0.0201. The molecule has 1 atom stereocenters. The van der Waals surface area contributed by atoms with Crippen LogP contribution in [0.3, 0.4) is 0 Å². The Morgan fingerprint density at radius 1 is 1.15 bits per heavy atom. The molecule has 130 valence electrons. The monoisotopic (exact) mass is 349 g/mol. The number of rotatable bonds is 2. The van der Waals surface area contributed by atoms with E-state index in [1.807, 2.05) is 0 Å².